The van der Waals surface area contributed by atoms with Gasteiger partial charge in [-0.05, 0) is 97.7 Å². The number of rotatable bonds is 6. The molecule has 2 aromatic rings. The highest BCUT2D eigenvalue weighted by Crippen LogP contribution is 2.64. The molecule has 2 heterocycles. The van der Waals surface area contributed by atoms with Gasteiger partial charge in [-0.3, -0.25) is 14.2 Å². The van der Waals surface area contributed by atoms with Gasteiger partial charge in [0.2, 0.25) is 0 Å². The molecule has 7 nitrogen and oxygen atoms in total. The summed E-state index contributed by atoms with van der Waals surface area (Å²) in [6, 6.07) is 11.7. The van der Waals surface area contributed by atoms with Gasteiger partial charge in [0.05, 0.1) is 24.5 Å². The molecule has 4 fully saturated rings. The van der Waals surface area contributed by atoms with Crippen molar-refractivity contribution < 1.29 is 26.9 Å². The first-order valence-electron chi connectivity index (χ1n) is 15.4. The molecule has 224 valence electrons. The van der Waals surface area contributed by atoms with Crippen molar-refractivity contribution in [2.24, 2.45) is 22.7 Å². The van der Waals surface area contributed by atoms with E-state index in [9.17, 15) is 13.2 Å². The average Bonchev–Trinajstić information content (AvgIpc) is 3.59. The molecule has 4 bridgehead atoms. The van der Waals surface area contributed by atoms with Crippen molar-refractivity contribution in [3.8, 4) is 5.75 Å². The molecule has 5 aliphatic rings. The standard InChI is InChI=1S/C23H29NO2.C10H16O4S/c1-25-19-8-7-17-15-22-20-6-2-3-10-23(20,21(17)16-19)11-13-24(22)12-9-18-5-4-14-26-18;1-9(2)7-3-4-10(9,8(11)5-7)6-15(12,13)14/h4-5,7-8,14,16,20,22H,2-3,6,9-13,15H2,1H3;7H,3-6H2,1-2H3,(H,12,13,14)/t20-,22-,23-;7-,10-/m01/s1. The van der Waals surface area contributed by atoms with Gasteiger partial charge in [-0.25, -0.2) is 0 Å². The van der Waals surface area contributed by atoms with E-state index in [1.54, 1.807) is 24.5 Å². The highest BCUT2D eigenvalue weighted by atomic mass is 32.2. The Morgan fingerprint density at radius 3 is 2.59 bits per heavy atom. The molecule has 1 aliphatic heterocycles. The summed E-state index contributed by atoms with van der Waals surface area (Å²) < 4.78 is 42.1. The Balaban J connectivity index is 0.000000172. The fourth-order valence-electron chi connectivity index (χ4n) is 9.60. The van der Waals surface area contributed by atoms with E-state index in [0.717, 1.165) is 36.8 Å². The summed E-state index contributed by atoms with van der Waals surface area (Å²) in [5.41, 5.74) is 2.46. The van der Waals surface area contributed by atoms with Gasteiger partial charge in [0.25, 0.3) is 10.1 Å². The normalized spacial score (nSPS) is 33.5. The van der Waals surface area contributed by atoms with Gasteiger partial charge in [0.15, 0.2) is 0 Å². The van der Waals surface area contributed by atoms with E-state index in [4.69, 9.17) is 13.7 Å². The number of fused-ring (bicyclic) bond motifs is 3. The third-order valence-electron chi connectivity index (χ3n) is 12.0. The number of carbonyl (C=O) groups is 1. The highest BCUT2D eigenvalue weighted by molar-refractivity contribution is 7.85. The smallest absolute Gasteiger partial charge is 0.265 e. The van der Waals surface area contributed by atoms with E-state index >= 15 is 0 Å². The number of methoxy groups -OCH3 is 1. The fraction of sp³-hybridized carbons (Fsp3) is 0.667. The summed E-state index contributed by atoms with van der Waals surface area (Å²) in [5.74, 6) is 2.85. The summed E-state index contributed by atoms with van der Waals surface area (Å²) >= 11 is 0. The zero-order valence-corrected chi connectivity index (χ0v) is 25.5. The number of likely N-dealkylation sites (tertiary alicyclic amines) is 1. The number of piperidine rings is 1. The molecule has 1 N–H and O–H groups in total. The number of hydrogen-bond donors (Lipinski definition) is 1. The first kappa shape index (κ1) is 28.9. The van der Waals surface area contributed by atoms with Crippen molar-refractivity contribution in [3.05, 3.63) is 53.5 Å². The van der Waals surface area contributed by atoms with E-state index in [2.05, 4.69) is 29.2 Å². The van der Waals surface area contributed by atoms with E-state index in [-0.39, 0.29) is 17.1 Å². The molecule has 4 aliphatic carbocycles. The summed E-state index contributed by atoms with van der Waals surface area (Å²) in [6.07, 6.45) is 12.8. The number of ether oxygens (including phenoxy) is 1. The molecule has 0 unspecified atom stereocenters. The van der Waals surface area contributed by atoms with Crippen molar-refractivity contribution in [1.82, 2.24) is 4.90 Å². The molecule has 0 radical (unpaired) electrons. The van der Waals surface area contributed by atoms with Crippen LogP contribution in [0.25, 0.3) is 0 Å². The van der Waals surface area contributed by atoms with Crippen molar-refractivity contribution in [2.45, 2.75) is 89.5 Å². The SMILES string of the molecule is CC1(C)[C@@H]2CC[C@@]1(CS(=O)(=O)O)C(=O)C2.COc1ccc2c(c1)[C@]13CCCC[C@H]1[C@H](C2)N(CCc1ccco1)CC3. The third-order valence-corrected chi connectivity index (χ3v) is 12.8. The van der Waals surface area contributed by atoms with Crippen LogP contribution in [0.4, 0.5) is 0 Å². The summed E-state index contributed by atoms with van der Waals surface area (Å²) in [5, 5.41) is 0. The Morgan fingerprint density at radius 1 is 1.10 bits per heavy atom. The molecule has 0 spiro atoms. The molecule has 3 saturated carbocycles. The minimum atomic E-state index is -4.08. The van der Waals surface area contributed by atoms with Crippen LogP contribution in [0.3, 0.4) is 0 Å². The number of nitrogens with zero attached hydrogens (tertiary/aromatic N) is 1. The van der Waals surface area contributed by atoms with Gasteiger partial charge < -0.3 is 9.15 Å². The lowest BCUT2D eigenvalue weighted by Gasteiger charge is -2.59. The molecular formula is C33H45NO6S. The summed E-state index contributed by atoms with van der Waals surface area (Å²) in [4.78, 5) is 14.6. The van der Waals surface area contributed by atoms with Gasteiger partial charge in [-0.15, -0.1) is 0 Å². The van der Waals surface area contributed by atoms with Crippen LogP contribution in [0.5, 0.6) is 5.75 Å². The van der Waals surface area contributed by atoms with Gasteiger partial charge in [-0.2, -0.15) is 8.42 Å². The third kappa shape index (κ3) is 4.88. The van der Waals surface area contributed by atoms with Crippen LogP contribution in [0, 0.1) is 22.7 Å². The highest BCUT2D eigenvalue weighted by Gasteiger charge is 2.65. The van der Waals surface area contributed by atoms with Crippen LogP contribution in [-0.4, -0.2) is 55.6 Å². The van der Waals surface area contributed by atoms with Crippen molar-refractivity contribution in [3.63, 3.8) is 0 Å². The summed E-state index contributed by atoms with van der Waals surface area (Å²) in [7, 11) is -2.28. The summed E-state index contributed by atoms with van der Waals surface area (Å²) in [6.45, 7) is 6.23. The Labute approximate surface area is 244 Å². The fourth-order valence-corrected chi connectivity index (χ4v) is 10.9. The van der Waals surface area contributed by atoms with Crippen molar-refractivity contribution >= 4 is 15.9 Å². The van der Waals surface area contributed by atoms with Crippen LogP contribution in [0.2, 0.25) is 0 Å². The zero-order chi connectivity index (χ0) is 29.0. The Hall–Kier alpha value is -2.16. The molecular weight excluding hydrogens is 538 g/mol. The van der Waals surface area contributed by atoms with Crippen LogP contribution in [-0.2, 0) is 33.2 Å². The number of furan rings is 1. The van der Waals surface area contributed by atoms with Crippen LogP contribution >= 0.6 is 0 Å². The maximum atomic E-state index is 11.9. The molecule has 41 heavy (non-hydrogen) atoms. The van der Waals surface area contributed by atoms with E-state index in [0.29, 0.717) is 24.3 Å². The van der Waals surface area contributed by atoms with Gasteiger partial charge >= 0.3 is 0 Å². The van der Waals surface area contributed by atoms with Crippen LogP contribution in [0.15, 0.2) is 41.0 Å². The molecule has 1 saturated heterocycles. The Morgan fingerprint density at radius 2 is 1.93 bits per heavy atom. The number of Topliss-reactive ketones (excluding diaryl/α,β-unsaturated/α-hetero) is 1. The molecule has 1 aromatic carbocycles. The van der Waals surface area contributed by atoms with E-state index < -0.39 is 21.3 Å². The zero-order valence-electron chi connectivity index (χ0n) is 24.7. The van der Waals surface area contributed by atoms with Gasteiger partial charge in [0.1, 0.15) is 17.3 Å². The predicted molar refractivity (Wildman–Crippen MR) is 158 cm³/mol. The van der Waals surface area contributed by atoms with Crippen molar-refractivity contribution in [2.75, 3.05) is 26.0 Å². The first-order valence-corrected chi connectivity index (χ1v) is 17.0. The Kier molecular flexibility index (Phi) is 7.43. The molecule has 1 aromatic heterocycles. The number of ketones is 1. The molecule has 8 heteroatoms. The second kappa shape index (κ2) is 10.5. The van der Waals surface area contributed by atoms with Crippen LogP contribution in [0.1, 0.15) is 82.1 Å². The lowest BCUT2D eigenvalue weighted by molar-refractivity contribution is -0.128. The topological polar surface area (TPSA) is 97.0 Å². The number of hydrogen-bond acceptors (Lipinski definition) is 6. The monoisotopic (exact) mass is 583 g/mol. The predicted octanol–water partition coefficient (Wildman–Crippen LogP) is 5.86. The number of benzene rings is 1. The van der Waals surface area contributed by atoms with Gasteiger partial charge in [0, 0.05) is 30.8 Å². The van der Waals surface area contributed by atoms with Gasteiger partial charge in [-0.1, -0.05) is 32.8 Å². The van der Waals surface area contributed by atoms with Crippen molar-refractivity contribution in [1.29, 1.82) is 0 Å². The molecule has 0 amide bonds. The number of carbonyl (C=O) groups excluding carboxylic acids is 1. The second-order valence-corrected chi connectivity index (χ2v) is 15.3. The van der Waals surface area contributed by atoms with E-state index in [1.807, 2.05) is 19.9 Å². The largest absolute Gasteiger partial charge is 0.497 e. The minimum absolute atomic E-state index is 0.0152. The van der Waals surface area contributed by atoms with E-state index in [1.165, 1.54) is 45.1 Å². The first-order chi connectivity index (χ1) is 19.5. The lowest BCUT2D eigenvalue weighted by Crippen LogP contribution is -2.61. The van der Waals surface area contributed by atoms with Crippen LogP contribution < -0.4 is 4.74 Å². The molecule has 7 rings (SSSR count). The lowest BCUT2D eigenvalue weighted by atomic mass is 9.52. The quantitative estimate of drug-likeness (QED) is 0.426. The minimum Gasteiger partial charge on any atom is -0.497 e. The molecule has 5 atom stereocenters. The Bertz CT molecular complexity index is 1380. The average molecular weight is 584 g/mol. The maximum absolute atomic E-state index is 11.9. The maximum Gasteiger partial charge on any atom is 0.265 e. The second-order valence-electron chi connectivity index (χ2n) is 13.8.